The topological polar surface area (TPSA) is 51.8 Å². The molecule has 0 aliphatic rings. The highest BCUT2D eigenvalue weighted by molar-refractivity contribution is 14.1. The Labute approximate surface area is 131 Å². The predicted octanol–water partition coefficient (Wildman–Crippen LogP) is 4.05. The quantitative estimate of drug-likeness (QED) is 0.688. The van der Waals surface area contributed by atoms with Crippen LogP contribution in [0.15, 0.2) is 42.5 Å². The Morgan fingerprint density at radius 2 is 1.80 bits per heavy atom. The molecule has 0 radical (unpaired) electrons. The van der Waals surface area contributed by atoms with Gasteiger partial charge in [0, 0.05) is 5.56 Å². The van der Waals surface area contributed by atoms with Gasteiger partial charge in [-0.3, -0.25) is 0 Å². The second-order valence-electron chi connectivity index (χ2n) is 4.61. The average Bonchev–Trinajstić information content (AvgIpc) is 2.49. The Kier molecular flexibility index (Phi) is 3.56. The van der Waals surface area contributed by atoms with Crippen molar-refractivity contribution in [1.82, 2.24) is 9.97 Å². The van der Waals surface area contributed by atoms with Gasteiger partial charge in [-0.05, 0) is 45.9 Å². The number of rotatable bonds is 2. The number of hydrogen-bond donors (Lipinski definition) is 1. The van der Waals surface area contributed by atoms with E-state index in [0.717, 1.165) is 21.2 Å². The van der Waals surface area contributed by atoms with Crippen molar-refractivity contribution in [3.8, 4) is 11.4 Å². The molecule has 0 fully saturated rings. The van der Waals surface area contributed by atoms with Crippen LogP contribution in [0.25, 0.3) is 22.2 Å². The third-order valence-electron chi connectivity index (χ3n) is 3.29. The van der Waals surface area contributed by atoms with Crippen LogP contribution in [0, 0.1) is 3.57 Å². The number of fused-ring (bicyclic) bond motifs is 1. The van der Waals surface area contributed by atoms with Gasteiger partial charge in [0.1, 0.15) is 5.82 Å². The van der Waals surface area contributed by atoms with E-state index in [2.05, 4.69) is 63.7 Å². The van der Waals surface area contributed by atoms with E-state index in [9.17, 15) is 0 Å². The summed E-state index contributed by atoms with van der Waals surface area (Å²) >= 11 is 2.21. The van der Waals surface area contributed by atoms with Gasteiger partial charge in [-0.1, -0.05) is 43.3 Å². The zero-order valence-electron chi connectivity index (χ0n) is 11.1. The highest BCUT2D eigenvalue weighted by Gasteiger charge is 2.10. The number of benzene rings is 2. The van der Waals surface area contributed by atoms with E-state index in [0.29, 0.717) is 11.6 Å². The number of nitrogen functional groups attached to an aromatic ring is 1. The zero-order valence-corrected chi connectivity index (χ0v) is 13.3. The van der Waals surface area contributed by atoms with E-state index in [4.69, 9.17) is 5.73 Å². The van der Waals surface area contributed by atoms with Gasteiger partial charge in [-0.15, -0.1) is 0 Å². The van der Waals surface area contributed by atoms with Crippen molar-refractivity contribution in [2.75, 3.05) is 5.73 Å². The molecule has 2 aromatic carbocycles. The molecule has 0 aliphatic heterocycles. The fourth-order valence-corrected chi connectivity index (χ4v) is 2.83. The summed E-state index contributed by atoms with van der Waals surface area (Å²) in [5, 5.41) is 2.40. The Morgan fingerprint density at radius 1 is 1.05 bits per heavy atom. The minimum absolute atomic E-state index is 0.556. The van der Waals surface area contributed by atoms with Crippen molar-refractivity contribution in [1.29, 1.82) is 0 Å². The molecule has 0 atom stereocenters. The second kappa shape index (κ2) is 5.36. The minimum atomic E-state index is 0.556. The van der Waals surface area contributed by atoms with Crippen LogP contribution in [0.1, 0.15) is 12.6 Å². The van der Waals surface area contributed by atoms with Gasteiger partial charge >= 0.3 is 0 Å². The van der Waals surface area contributed by atoms with E-state index < -0.39 is 0 Å². The summed E-state index contributed by atoms with van der Waals surface area (Å²) in [5.74, 6) is 1.26. The molecular weight excluding hydrogens is 361 g/mol. The maximum atomic E-state index is 5.99. The third kappa shape index (κ3) is 2.35. The molecule has 1 aromatic heterocycles. The monoisotopic (exact) mass is 375 g/mol. The summed E-state index contributed by atoms with van der Waals surface area (Å²) < 4.78 is 0.953. The number of nitrogens with zero attached hydrogens (tertiary/aromatic N) is 2. The number of nitrogens with two attached hydrogens (primary N) is 1. The number of anilines is 1. The first-order chi connectivity index (χ1) is 9.69. The van der Waals surface area contributed by atoms with Crippen LogP contribution in [0.2, 0.25) is 0 Å². The summed E-state index contributed by atoms with van der Waals surface area (Å²) in [7, 11) is 0. The van der Waals surface area contributed by atoms with Crippen LogP contribution in [0.5, 0.6) is 0 Å². The summed E-state index contributed by atoms with van der Waals surface area (Å²) in [4.78, 5) is 9.05. The van der Waals surface area contributed by atoms with E-state index in [1.165, 1.54) is 10.8 Å². The molecule has 0 amide bonds. The van der Waals surface area contributed by atoms with Crippen molar-refractivity contribution >= 4 is 39.2 Å². The van der Waals surface area contributed by atoms with Gasteiger partial charge in [-0.25, -0.2) is 9.97 Å². The summed E-state index contributed by atoms with van der Waals surface area (Å²) in [6, 6.07) is 14.5. The van der Waals surface area contributed by atoms with E-state index in [1.54, 1.807) is 0 Å². The largest absolute Gasteiger partial charge is 0.383 e. The molecule has 20 heavy (non-hydrogen) atoms. The smallest absolute Gasteiger partial charge is 0.161 e. The first-order valence-corrected chi connectivity index (χ1v) is 7.58. The van der Waals surface area contributed by atoms with Gasteiger partial charge in [0.05, 0.1) is 9.26 Å². The lowest BCUT2D eigenvalue weighted by atomic mass is 10.1. The molecule has 2 N–H and O–H groups in total. The fraction of sp³-hybridized carbons (Fsp3) is 0.125. The van der Waals surface area contributed by atoms with Gasteiger partial charge in [0.15, 0.2) is 5.82 Å². The maximum absolute atomic E-state index is 5.99. The molecule has 3 aromatic rings. The highest BCUT2D eigenvalue weighted by Crippen LogP contribution is 2.25. The molecule has 0 unspecified atom stereocenters. The Bertz CT molecular complexity index is 784. The van der Waals surface area contributed by atoms with Crippen molar-refractivity contribution < 1.29 is 0 Å². The number of aromatic nitrogens is 2. The minimum Gasteiger partial charge on any atom is -0.383 e. The standard InChI is InChI=1S/C16H14IN3/c1-2-13-14(17)15(18)20-16(19-13)12-8-7-10-5-3-4-6-11(10)9-12/h3-9H,2H2,1H3,(H2,18,19,20). The molecule has 0 bridgehead atoms. The van der Waals surface area contributed by atoms with E-state index in [1.807, 2.05) is 18.2 Å². The van der Waals surface area contributed by atoms with Gasteiger partial charge in [0.2, 0.25) is 0 Å². The number of aryl methyl sites for hydroxylation is 1. The molecule has 3 nitrogen and oxygen atoms in total. The normalized spacial score (nSPS) is 10.9. The molecular formula is C16H14IN3. The van der Waals surface area contributed by atoms with Gasteiger partial charge in [-0.2, -0.15) is 0 Å². The Hall–Kier alpha value is -1.69. The van der Waals surface area contributed by atoms with Crippen molar-refractivity contribution in [3.05, 3.63) is 51.7 Å². The second-order valence-corrected chi connectivity index (χ2v) is 5.69. The lowest BCUT2D eigenvalue weighted by molar-refractivity contribution is 0.994. The first-order valence-electron chi connectivity index (χ1n) is 6.50. The lowest BCUT2D eigenvalue weighted by Crippen LogP contribution is -2.04. The van der Waals surface area contributed by atoms with Crippen LogP contribution in [0.4, 0.5) is 5.82 Å². The fourth-order valence-electron chi connectivity index (χ4n) is 2.20. The molecule has 1 heterocycles. The van der Waals surface area contributed by atoms with E-state index in [-0.39, 0.29) is 0 Å². The molecule has 3 rings (SSSR count). The summed E-state index contributed by atoms with van der Waals surface area (Å²) in [6.07, 6.45) is 0.853. The summed E-state index contributed by atoms with van der Waals surface area (Å²) in [5.41, 5.74) is 7.99. The molecule has 4 heteroatoms. The van der Waals surface area contributed by atoms with Gasteiger partial charge < -0.3 is 5.73 Å². The molecule has 0 saturated carbocycles. The van der Waals surface area contributed by atoms with Gasteiger partial charge in [0.25, 0.3) is 0 Å². The van der Waals surface area contributed by atoms with Crippen LogP contribution in [-0.4, -0.2) is 9.97 Å². The lowest BCUT2D eigenvalue weighted by Gasteiger charge is -2.08. The van der Waals surface area contributed by atoms with Crippen LogP contribution >= 0.6 is 22.6 Å². The molecule has 100 valence electrons. The van der Waals surface area contributed by atoms with Crippen LogP contribution in [0.3, 0.4) is 0 Å². The Balaban J connectivity index is 2.17. The van der Waals surface area contributed by atoms with Crippen LogP contribution < -0.4 is 5.73 Å². The van der Waals surface area contributed by atoms with Crippen molar-refractivity contribution in [3.63, 3.8) is 0 Å². The number of hydrogen-bond acceptors (Lipinski definition) is 3. The first kappa shape index (κ1) is 13.3. The zero-order chi connectivity index (χ0) is 14.1. The predicted molar refractivity (Wildman–Crippen MR) is 91.5 cm³/mol. The maximum Gasteiger partial charge on any atom is 0.161 e. The van der Waals surface area contributed by atoms with E-state index >= 15 is 0 Å². The molecule has 0 saturated heterocycles. The number of halogens is 1. The SMILES string of the molecule is CCc1nc(-c2ccc3ccccc3c2)nc(N)c1I. The average molecular weight is 375 g/mol. The van der Waals surface area contributed by atoms with Crippen molar-refractivity contribution in [2.24, 2.45) is 0 Å². The highest BCUT2D eigenvalue weighted by atomic mass is 127. The van der Waals surface area contributed by atoms with Crippen LogP contribution in [-0.2, 0) is 6.42 Å². The Morgan fingerprint density at radius 3 is 2.55 bits per heavy atom. The molecule has 0 spiro atoms. The third-order valence-corrected chi connectivity index (χ3v) is 4.46. The van der Waals surface area contributed by atoms with Crippen molar-refractivity contribution in [2.45, 2.75) is 13.3 Å². The summed E-state index contributed by atoms with van der Waals surface area (Å²) in [6.45, 7) is 2.08. The molecule has 0 aliphatic carbocycles.